The molecule has 0 aliphatic heterocycles. The van der Waals surface area contributed by atoms with E-state index in [0.29, 0.717) is 6.42 Å². The molecule has 112 valence electrons. The third-order valence-corrected chi connectivity index (χ3v) is 4.40. The lowest BCUT2D eigenvalue weighted by atomic mass is 10.1. The molecule has 0 aliphatic carbocycles. The van der Waals surface area contributed by atoms with Crippen LogP contribution in [0.5, 0.6) is 0 Å². The van der Waals surface area contributed by atoms with E-state index < -0.39 is 16.2 Å². The van der Waals surface area contributed by atoms with E-state index in [-0.39, 0.29) is 19.5 Å². The highest BCUT2D eigenvalue weighted by Gasteiger charge is 2.17. The minimum atomic E-state index is -3.62. The Morgan fingerprint density at radius 1 is 1.40 bits per heavy atom. The number of rotatable bonds is 8. The van der Waals surface area contributed by atoms with E-state index in [1.54, 1.807) is 0 Å². The predicted molar refractivity (Wildman–Crippen MR) is 76.7 cm³/mol. The van der Waals surface area contributed by atoms with Gasteiger partial charge in [0.05, 0.1) is 6.42 Å². The Balaban J connectivity index is 2.45. The smallest absolute Gasteiger partial charge is 0.304 e. The zero-order valence-corrected chi connectivity index (χ0v) is 12.5. The quantitative estimate of drug-likeness (QED) is 0.743. The van der Waals surface area contributed by atoms with Crippen molar-refractivity contribution in [2.45, 2.75) is 19.8 Å². The van der Waals surface area contributed by atoms with Crippen molar-refractivity contribution in [1.82, 2.24) is 9.03 Å². The van der Waals surface area contributed by atoms with Crippen LogP contribution in [0.1, 0.15) is 17.5 Å². The number of nitrogens with zero attached hydrogens (tertiary/aromatic N) is 1. The van der Waals surface area contributed by atoms with Crippen LogP contribution in [-0.2, 0) is 21.4 Å². The van der Waals surface area contributed by atoms with Crippen molar-refractivity contribution < 1.29 is 18.3 Å². The number of aliphatic carboxylic acids is 1. The molecule has 20 heavy (non-hydrogen) atoms. The summed E-state index contributed by atoms with van der Waals surface area (Å²) < 4.78 is 27.1. The Morgan fingerprint density at radius 2 is 2.10 bits per heavy atom. The van der Waals surface area contributed by atoms with Crippen LogP contribution in [0.25, 0.3) is 0 Å². The Kier molecular flexibility index (Phi) is 6.12. The van der Waals surface area contributed by atoms with Gasteiger partial charge in [-0.05, 0) is 18.9 Å². The highest BCUT2D eigenvalue weighted by atomic mass is 32.2. The molecule has 0 unspecified atom stereocenters. The maximum atomic E-state index is 11.8. The largest absolute Gasteiger partial charge is 0.481 e. The van der Waals surface area contributed by atoms with E-state index in [1.165, 1.54) is 7.05 Å². The first kappa shape index (κ1) is 16.6. The molecule has 0 saturated carbocycles. The highest BCUT2D eigenvalue weighted by Crippen LogP contribution is 2.04. The molecule has 6 nitrogen and oxygen atoms in total. The van der Waals surface area contributed by atoms with Crippen molar-refractivity contribution in [3.8, 4) is 0 Å². The van der Waals surface area contributed by atoms with Crippen LogP contribution in [0.4, 0.5) is 0 Å². The fraction of sp³-hybridized carbons (Fsp3) is 0.462. The zero-order chi connectivity index (χ0) is 15.2. The van der Waals surface area contributed by atoms with Gasteiger partial charge in [-0.2, -0.15) is 12.7 Å². The van der Waals surface area contributed by atoms with Gasteiger partial charge in [0, 0.05) is 20.1 Å². The third-order valence-electron chi connectivity index (χ3n) is 2.83. The number of carbonyl (C=O) groups is 1. The molecule has 0 saturated heterocycles. The average Bonchev–Trinajstić information content (AvgIpc) is 2.35. The van der Waals surface area contributed by atoms with Crippen molar-refractivity contribution in [1.29, 1.82) is 0 Å². The molecule has 7 heteroatoms. The number of hydrogen-bond acceptors (Lipinski definition) is 3. The van der Waals surface area contributed by atoms with Gasteiger partial charge >= 0.3 is 5.97 Å². The second-order valence-electron chi connectivity index (χ2n) is 4.60. The molecule has 1 aromatic carbocycles. The Labute approximate surface area is 119 Å². The number of benzene rings is 1. The van der Waals surface area contributed by atoms with Crippen LogP contribution < -0.4 is 4.72 Å². The van der Waals surface area contributed by atoms with Gasteiger partial charge < -0.3 is 5.11 Å². The minimum Gasteiger partial charge on any atom is -0.481 e. The van der Waals surface area contributed by atoms with Gasteiger partial charge in [0.25, 0.3) is 10.2 Å². The van der Waals surface area contributed by atoms with E-state index in [1.807, 2.05) is 31.2 Å². The van der Waals surface area contributed by atoms with E-state index in [9.17, 15) is 13.2 Å². The molecule has 0 atom stereocenters. The lowest BCUT2D eigenvalue weighted by Gasteiger charge is -2.16. The van der Waals surface area contributed by atoms with Crippen molar-refractivity contribution >= 4 is 16.2 Å². The summed E-state index contributed by atoms with van der Waals surface area (Å²) >= 11 is 0. The summed E-state index contributed by atoms with van der Waals surface area (Å²) in [4.78, 5) is 10.4. The van der Waals surface area contributed by atoms with Gasteiger partial charge in [-0.15, -0.1) is 0 Å². The zero-order valence-electron chi connectivity index (χ0n) is 11.7. The molecule has 1 rings (SSSR count). The average molecular weight is 300 g/mol. The maximum absolute atomic E-state index is 11.8. The summed E-state index contributed by atoms with van der Waals surface area (Å²) in [5, 5.41) is 8.54. The number of carboxylic acid groups (broad SMARTS) is 1. The maximum Gasteiger partial charge on any atom is 0.304 e. The second kappa shape index (κ2) is 7.37. The summed E-state index contributed by atoms with van der Waals surface area (Å²) in [6, 6.07) is 7.85. The van der Waals surface area contributed by atoms with Crippen molar-refractivity contribution in [3.05, 3.63) is 35.4 Å². The first-order chi connectivity index (χ1) is 9.31. The Hall–Kier alpha value is -1.44. The molecule has 0 aromatic heterocycles. The first-order valence-electron chi connectivity index (χ1n) is 6.29. The van der Waals surface area contributed by atoms with Crippen LogP contribution in [0.2, 0.25) is 0 Å². The van der Waals surface area contributed by atoms with Crippen LogP contribution in [0, 0.1) is 6.92 Å². The second-order valence-corrected chi connectivity index (χ2v) is 6.47. The number of carboxylic acids is 1. The van der Waals surface area contributed by atoms with E-state index in [4.69, 9.17) is 5.11 Å². The monoisotopic (exact) mass is 300 g/mol. The number of aryl methyl sites for hydroxylation is 1. The van der Waals surface area contributed by atoms with Gasteiger partial charge in [-0.25, -0.2) is 4.72 Å². The summed E-state index contributed by atoms with van der Waals surface area (Å²) in [5.74, 6) is -1.02. The van der Waals surface area contributed by atoms with Gasteiger partial charge in [0.1, 0.15) is 0 Å². The minimum absolute atomic E-state index is 0.0465. The molecule has 0 spiro atoms. The van der Waals surface area contributed by atoms with Crippen LogP contribution in [-0.4, -0.2) is 43.9 Å². The van der Waals surface area contributed by atoms with Gasteiger partial charge in [0.15, 0.2) is 0 Å². The van der Waals surface area contributed by atoms with Crippen molar-refractivity contribution in [3.63, 3.8) is 0 Å². The van der Waals surface area contributed by atoms with Crippen LogP contribution in [0.3, 0.4) is 0 Å². The molecular formula is C13H20N2O4S. The van der Waals surface area contributed by atoms with Crippen LogP contribution in [0.15, 0.2) is 24.3 Å². The number of hydrogen-bond donors (Lipinski definition) is 2. The molecule has 0 radical (unpaired) electrons. The molecule has 0 amide bonds. The molecule has 0 bridgehead atoms. The molecular weight excluding hydrogens is 280 g/mol. The summed E-state index contributed by atoms with van der Waals surface area (Å²) in [5.41, 5.74) is 2.19. The predicted octanol–water partition coefficient (Wildman–Crippen LogP) is 0.778. The highest BCUT2D eigenvalue weighted by molar-refractivity contribution is 7.87. The molecule has 2 N–H and O–H groups in total. The fourth-order valence-electron chi connectivity index (χ4n) is 1.68. The first-order valence-corrected chi connectivity index (χ1v) is 7.73. The lowest BCUT2D eigenvalue weighted by Crippen LogP contribution is -2.40. The van der Waals surface area contributed by atoms with Gasteiger partial charge in [0.2, 0.25) is 0 Å². The molecule has 0 aliphatic rings. The van der Waals surface area contributed by atoms with Gasteiger partial charge in [-0.3, -0.25) is 4.79 Å². The van der Waals surface area contributed by atoms with E-state index in [0.717, 1.165) is 15.4 Å². The Morgan fingerprint density at radius 3 is 2.70 bits per heavy atom. The SMILES string of the molecule is Cc1cccc(CCNS(=O)(=O)N(C)CCC(=O)O)c1. The summed E-state index contributed by atoms with van der Waals surface area (Å²) in [7, 11) is -2.26. The molecule has 1 aromatic rings. The van der Waals surface area contributed by atoms with E-state index in [2.05, 4.69) is 4.72 Å². The normalized spacial score (nSPS) is 11.8. The Bertz CT molecular complexity index is 557. The van der Waals surface area contributed by atoms with E-state index >= 15 is 0 Å². The summed E-state index contributed by atoms with van der Waals surface area (Å²) in [6.07, 6.45) is 0.378. The van der Waals surface area contributed by atoms with Crippen LogP contribution >= 0.6 is 0 Å². The molecule has 0 fully saturated rings. The van der Waals surface area contributed by atoms with Crippen molar-refractivity contribution in [2.24, 2.45) is 0 Å². The fourth-order valence-corrected chi connectivity index (χ4v) is 2.59. The summed E-state index contributed by atoms with van der Waals surface area (Å²) in [6.45, 7) is 2.21. The topological polar surface area (TPSA) is 86.7 Å². The lowest BCUT2D eigenvalue weighted by molar-refractivity contribution is -0.137. The number of nitrogens with one attached hydrogen (secondary N) is 1. The molecule has 0 heterocycles. The third kappa shape index (κ3) is 5.68. The van der Waals surface area contributed by atoms with Gasteiger partial charge in [-0.1, -0.05) is 29.8 Å². The van der Waals surface area contributed by atoms with Crippen molar-refractivity contribution in [2.75, 3.05) is 20.1 Å². The standard InChI is InChI=1S/C13H20N2O4S/c1-11-4-3-5-12(10-11)6-8-14-20(18,19)15(2)9-7-13(16)17/h3-5,10,14H,6-9H2,1-2H3,(H,16,17).